The van der Waals surface area contributed by atoms with E-state index in [0.29, 0.717) is 23.8 Å². The van der Waals surface area contributed by atoms with Crippen molar-refractivity contribution >= 4 is 27.3 Å². The van der Waals surface area contributed by atoms with E-state index < -0.39 is 10.0 Å². The second kappa shape index (κ2) is 5.37. The van der Waals surface area contributed by atoms with Crippen molar-refractivity contribution in [2.45, 2.75) is 30.4 Å². The summed E-state index contributed by atoms with van der Waals surface area (Å²) in [7, 11) is -3.36. The molecular weight excluding hydrogens is 308 g/mol. The molecule has 3 heterocycles. The molecule has 2 saturated heterocycles. The quantitative estimate of drug-likeness (QED) is 0.831. The van der Waals surface area contributed by atoms with E-state index >= 15 is 0 Å². The van der Waals surface area contributed by atoms with E-state index in [-0.39, 0.29) is 11.3 Å². The van der Waals surface area contributed by atoms with Gasteiger partial charge in [-0.05, 0) is 30.7 Å². The smallest absolute Gasteiger partial charge is 0.252 e. The van der Waals surface area contributed by atoms with Crippen molar-refractivity contribution in [3.8, 4) is 0 Å². The molecule has 2 fully saturated rings. The fourth-order valence-corrected chi connectivity index (χ4v) is 6.14. The first-order valence-electron chi connectivity index (χ1n) is 7.22. The molecule has 1 atom stereocenters. The Labute approximate surface area is 129 Å². The molecule has 21 heavy (non-hydrogen) atoms. The molecule has 1 aromatic heterocycles. The lowest BCUT2D eigenvalue weighted by atomic mass is 9.79. The molecule has 1 amide bonds. The molecule has 0 N–H and O–H groups in total. The molecule has 1 spiro atoms. The van der Waals surface area contributed by atoms with Gasteiger partial charge in [-0.3, -0.25) is 4.79 Å². The Bertz CT molecular complexity index is 627. The summed E-state index contributed by atoms with van der Waals surface area (Å²) in [6.07, 6.45) is 2.82. The largest absolute Gasteiger partial charge is 0.342 e. The fraction of sp³-hybridized carbons (Fsp3) is 0.643. The van der Waals surface area contributed by atoms with Crippen molar-refractivity contribution in [1.82, 2.24) is 9.21 Å². The van der Waals surface area contributed by atoms with Gasteiger partial charge in [0.05, 0.1) is 0 Å². The molecule has 0 aliphatic carbocycles. The summed E-state index contributed by atoms with van der Waals surface area (Å²) < 4.78 is 27.2. The van der Waals surface area contributed by atoms with Gasteiger partial charge in [0.1, 0.15) is 4.21 Å². The molecule has 0 bridgehead atoms. The highest BCUT2D eigenvalue weighted by atomic mass is 32.2. The van der Waals surface area contributed by atoms with Crippen LogP contribution in [0.15, 0.2) is 21.7 Å². The van der Waals surface area contributed by atoms with Crippen LogP contribution in [0, 0.1) is 5.41 Å². The van der Waals surface area contributed by atoms with E-state index in [1.54, 1.807) is 28.7 Å². The highest BCUT2D eigenvalue weighted by molar-refractivity contribution is 7.91. The van der Waals surface area contributed by atoms with Crippen LogP contribution in [0.2, 0.25) is 0 Å². The predicted octanol–water partition coefficient (Wildman–Crippen LogP) is 1.77. The summed E-state index contributed by atoms with van der Waals surface area (Å²) in [4.78, 5) is 13.5. The summed E-state index contributed by atoms with van der Waals surface area (Å²) in [5.41, 5.74) is -0.0474. The summed E-state index contributed by atoms with van der Waals surface area (Å²) in [6, 6.07) is 3.43. The molecule has 2 aliphatic rings. The van der Waals surface area contributed by atoms with Gasteiger partial charge in [0.25, 0.3) is 10.0 Å². The maximum atomic E-state index is 12.6. The van der Waals surface area contributed by atoms with Crippen molar-refractivity contribution in [1.29, 1.82) is 0 Å². The normalized spacial score (nSPS) is 27.4. The Kier molecular flexibility index (Phi) is 3.83. The van der Waals surface area contributed by atoms with Gasteiger partial charge in [0.15, 0.2) is 0 Å². The minimum Gasteiger partial charge on any atom is -0.342 e. The number of carbonyl (C=O) groups is 1. The molecule has 116 valence electrons. The monoisotopic (exact) mass is 328 g/mol. The van der Waals surface area contributed by atoms with Gasteiger partial charge in [0.2, 0.25) is 5.91 Å². The first kappa shape index (κ1) is 15.0. The number of likely N-dealkylation sites (tertiary alicyclic amines) is 1. The zero-order chi connectivity index (χ0) is 15.1. The van der Waals surface area contributed by atoms with Gasteiger partial charge in [-0.1, -0.05) is 6.07 Å². The molecule has 3 rings (SSSR count). The van der Waals surface area contributed by atoms with Crippen LogP contribution in [0.5, 0.6) is 0 Å². The minimum absolute atomic E-state index is 0.0474. The minimum atomic E-state index is -3.36. The molecule has 1 aromatic rings. The van der Waals surface area contributed by atoms with Crippen molar-refractivity contribution in [2.75, 3.05) is 26.2 Å². The predicted molar refractivity (Wildman–Crippen MR) is 81.6 cm³/mol. The summed E-state index contributed by atoms with van der Waals surface area (Å²) in [5, 5.41) is 1.79. The van der Waals surface area contributed by atoms with Crippen molar-refractivity contribution in [2.24, 2.45) is 5.41 Å². The number of hydrogen-bond acceptors (Lipinski definition) is 4. The van der Waals surface area contributed by atoms with Crippen molar-refractivity contribution < 1.29 is 13.2 Å². The number of rotatable bonds is 2. The standard InChI is InChI=1S/C14H20N2O3S2/c1-12(17)15-7-3-5-14(10-15)6-8-16(11-14)21(18,19)13-4-2-9-20-13/h2,4,9H,3,5-8,10-11H2,1H3/t14-/m1/s1. The number of hydrogen-bond donors (Lipinski definition) is 0. The number of thiophene rings is 1. The van der Waals surface area contributed by atoms with E-state index in [2.05, 4.69) is 0 Å². The lowest BCUT2D eigenvalue weighted by Gasteiger charge is -2.40. The highest BCUT2D eigenvalue weighted by Crippen LogP contribution is 2.41. The molecule has 2 aliphatic heterocycles. The maximum Gasteiger partial charge on any atom is 0.252 e. The average Bonchev–Trinajstić information content (AvgIpc) is 3.09. The number of sulfonamides is 1. The maximum absolute atomic E-state index is 12.6. The Morgan fingerprint density at radius 1 is 1.29 bits per heavy atom. The lowest BCUT2D eigenvalue weighted by molar-refractivity contribution is -0.132. The Balaban J connectivity index is 1.77. The summed E-state index contributed by atoms with van der Waals surface area (Å²) in [5.74, 6) is 0.0913. The van der Waals surface area contributed by atoms with Crippen molar-refractivity contribution in [3.63, 3.8) is 0 Å². The van der Waals surface area contributed by atoms with Crippen LogP contribution < -0.4 is 0 Å². The first-order valence-corrected chi connectivity index (χ1v) is 9.54. The molecule has 0 saturated carbocycles. The van der Waals surface area contributed by atoms with Crippen molar-refractivity contribution in [3.05, 3.63) is 17.5 Å². The number of nitrogens with zero attached hydrogens (tertiary/aromatic N) is 2. The SMILES string of the molecule is CC(=O)N1CCC[C@@]2(CCN(S(=O)(=O)c3cccs3)C2)C1. The lowest BCUT2D eigenvalue weighted by Crippen LogP contribution is -2.47. The van der Waals surface area contributed by atoms with Crippen LogP contribution in [0.1, 0.15) is 26.2 Å². The summed E-state index contributed by atoms with van der Waals surface area (Å²) >= 11 is 1.26. The number of piperidine rings is 1. The Hall–Kier alpha value is -0.920. The number of amides is 1. The third-order valence-electron chi connectivity index (χ3n) is 4.60. The van der Waals surface area contributed by atoms with Crippen LogP contribution in [0.3, 0.4) is 0 Å². The van der Waals surface area contributed by atoms with Crippen LogP contribution in [0.4, 0.5) is 0 Å². The van der Waals surface area contributed by atoms with Crippen LogP contribution in [-0.2, 0) is 14.8 Å². The van der Waals surface area contributed by atoms with Gasteiger partial charge in [-0.15, -0.1) is 11.3 Å². The summed E-state index contributed by atoms with van der Waals surface area (Å²) in [6.45, 7) is 4.19. The third-order valence-corrected chi connectivity index (χ3v) is 7.82. The van der Waals surface area contributed by atoms with Gasteiger partial charge >= 0.3 is 0 Å². The molecule has 0 aromatic carbocycles. The number of carbonyl (C=O) groups excluding carboxylic acids is 1. The molecule has 0 radical (unpaired) electrons. The topological polar surface area (TPSA) is 57.7 Å². The fourth-order valence-electron chi connectivity index (χ4n) is 3.45. The van der Waals surface area contributed by atoms with Gasteiger partial charge in [0, 0.05) is 38.5 Å². The zero-order valence-electron chi connectivity index (χ0n) is 12.1. The molecule has 5 nitrogen and oxygen atoms in total. The van der Waals surface area contributed by atoms with Crippen LogP contribution in [0.25, 0.3) is 0 Å². The first-order chi connectivity index (χ1) is 9.93. The molecular formula is C14H20N2O3S2. The molecule has 0 unspecified atom stereocenters. The van der Waals surface area contributed by atoms with Gasteiger partial charge in [-0.25, -0.2) is 8.42 Å². The Morgan fingerprint density at radius 3 is 2.76 bits per heavy atom. The van der Waals surface area contributed by atoms with Crippen LogP contribution >= 0.6 is 11.3 Å². The van der Waals surface area contributed by atoms with E-state index in [0.717, 1.165) is 25.8 Å². The van der Waals surface area contributed by atoms with Crippen LogP contribution in [-0.4, -0.2) is 49.7 Å². The van der Waals surface area contributed by atoms with E-state index in [1.165, 1.54) is 11.3 Å². The second-order valence-electron chi connectivity index (χ2n) is 6.06. The van der Waals surface area contributed by atoms with E-state index in [9.17, 15) is 13.2 Å². The van der Waals surface area contributed by atoms with E-state index in [1.807, 2.05) is 4.90 Å². The molecule has 7 heteroatoms. The Morgan fingerprint density at radius 2 is 2.10 bits per heavy atom. The average molecular weight is 328 g/mol. The highest BCUT2D eigenvalue weighted by Gasteiger charge is 2.45. The second-order valence-corrected chi connectivity index (χ2v) is 9.18. The third kappa shape index (κ3) is 2.74. The van der Waals surface area contributed by atoms with Gasteiger partial charge in [-0.2, -0.15) is 4.31 Å². The zero-order valence-corrected chi connectivity index (χ0v) is 13.8. The van der Waals surface area contributed by atoms with Gasteiger partial charge < -0.3 is 4.90 Å². The van der Waals surface area contributed by atoms with E-state index in [4.69, 9.17) is 0 Å².